The van der Waals surface area contributed by atoms with Crippen LogP contribution in [0.3, 0.4) is 0 Å². The average Bonchev–Trinajstić information content (AvgIpc) is 2.24. The lowest BCUT2D eigenvalue weighted by atomic mass is 10.1. The van der Waals surface area contributed by atoms with Crippen molar-refractivity contribution in [3.63, 3.8) is 0 Å². The maximum Gasteiger partial charge on any atom is 0.0408 e. The highest BCUT2D eigenvalue weighted by Gasteiger charge is 2.04. The van der Waals surface area contributed by atoms with Crippen LogP contribution >= 0.6 is 11.6 Å². The van der Waals surface area contributed by atoms with Crippen LogP contribution in [0, 0.1) is 0 Å². The molecule has 0 amide bonds. The summed E-state index contributed by atoms with van der Waals surface area (Å²) in [5, 5.41) is 4.22. The number of halogens is 1. The molecule has 0 fully saturated rings. The van der Waals surface area contributed by atoms with Crippen LogP contribution in [0.25, 0.3) is 0 Å². The fourth-order valence-corrected chi connectivity index (χ4v) is 1.70. The Bertz CT molecular complexity index is 309. The van der Waals surface area contributed by atoms with Crippen LogP contribution in [0.2, 0.25) is 5.02 Å². The molecule has 0 radical (unpaired) electrons. The summed E-state index contributed by atoms with van der Waals surface area (Å²) in [4.78, 5) is 0. The molecule has 1 nitrogen and oxygen atoms in total. The van der Waals surface area contributed by atoms with Crippen LogP contribution in [0.4, 0.5) is 0 Å². The zero-order valence-electron chi connectivity index (χ0n) is 9.17. The third-order valence-electron chi connectivity index (χ3n) is 2.29. The minimum Gasteiger partial charge on any atom is -0.310 e. The van der Waals surface area contributed by atoms with Crippen molar-refractivity contribution >= 4 is 11.6 Å². The number of benzene rings is 1. The van der Waals surface area contributed by atoms with Crippen molar-refractivity contribution in [3.8, 4) is 0 Å². The lowest BCUT2D eigenvalue weighted by Crippen LogP contribution is -2.29. The van der Waals surface area contributed by atoms with Crippen molar-refractivity contribution in [3.05, 3.63) is 47.5 Å². The van der Waals surface area contributed by atoms with Crippen LogP contribution in [0.15, 0.2) is 36.9 Å². The van der Waals surface area contributed by atoms with Gasteiger partial charge in [-0.3, -0.25) is 0 Å². The van der Waals surface area contributed by atoms with Gasteiger partial charge in [0.1, 0.15) is 0 Å². The lowest BCUT2D eigenvalue weighted by molar-refractivity contribution is 0.585. The molecule has 1 N–H and O–H groups in total. The quantitative estimate of drug-likeness (QED) is 0.729. The molecule has 82 valence electrons. The molecule has 1 atom stereocenters. The van der Waals surface area contributed by atoms with Crippen molar-refractivity contribution in [2.75, 3.05) is 6.54 Å². The van der Waals surface area contributed by atoms with Crippen molar-refractivity contribution in [1.82, 2.24) is 5.32 Å². The molecule has 0 spiro atoms. The van der Waals surface area contributed by atoms with Gasteiger partial charge in [-0.05, 0) is 37.1 Å². The fraction of sp³-hybridized carbons (Fsp3) is 0.385. The van der Waals surface area contributed by atoms with Gasteiger partial charge in [-0.15, -0.1) is 6.58 Å². The van der Waals surface area contributed by atoms with E-state index in [9.17, 15) is 0 Å². The van der Waals surface area contributed by atoms with E-state index in [-0.39, 0.29) is 0 Å². The van der Waals surface area contributed by atoms with Gasteiger partial charge in [0, 0.05) is 11.1 Å². The van der Waals surface area contributed by atoms with Crippen LogP contribution in [-0.4, -0.2) is 12.6 Å². The van der Waals surface area contributed by atoms with E-state index in [4.69, 9.17) is 11.6 Å². The molecule has 0 saturated heterocycles. The van der Waals surface area contributed by atoms with E-state index >= 15 is 0 Å². The van der Waals surface area contributed by atoms with Gasteiger partial charge < -0.3 is 5.32 Å². The summed E-state index contributed by atoms with van der Waals surface area (Å²) >= 11 is 5.93. The van der Waals surface area contributed by atoms with Gasteiger partial charge in [-0.1, -0.05) is 36.7 Å². The summed E-state index contributed by atoms with van der Waals surface area (Å²) in [6, 6.07) is 8.32. The molecular formula is C13H18ClN. The maximum atomic E-state index is 5.93. The first-order valence-electron chi connectivity index (χ1n) is 5.36. The Kier molecular flexibility index (Phi) is 5.44. The Hall–Kier alpha value is -0.790. The first-order chi connectivity index (χ1) is 7.26. The van der Waals surface area contributed by atoms with Gasteiger partial charge in [-0.25, -0.2) is 0 Å². The zero-order chi connectivity index (χ0) is 11.1. The molecule has 2 heteroatoms. The topological polar surface area (TPSA) is 12.0 Å². The zero-order valence-corrected chi connectivity index (χ0v) is 9.93. The van der Waals surface area contributed by atoms with Crippen molar-refractivity contribution < 1.29 is 0 Å². The van der Waals surface area contributed by atoms with Gasteiger partial charge in [0.15, 0.2) is 0 Å². The van der Waals surface area contributed by atoms with E-state index in [0.29, 0.717) is 6.04 Å². The van der Waals surface area contributed by atoms with Crippen molar-refractivity contribution in [2.45, 2.75) is 25.8 Å². The SMILES string of the molecule is C=CC(Cc1cccc(Cl)c1)NCCC. The van der Waals surface area contributed by atoms with E-state index in [2.05, 4.69) is 24.9 Å². The lowest BCUT2D eigenvalue weighted by Gasteiger charge is -2.14. The van der Waals surface area contributed by atoms with Crippen molar-refractivity contribution in [2.24, 2.45) is 0 Å². The van der Waals surface area contributed by atoms with Crippen LogP contribution in [0.5, 0.6) is 0 Å². The standard InChI is InChI=1S/C13H18ClN/c1-3-8-15-13(4-2)10-11-6-5-7-12(14)9-11/h4-7,9,13,15H,2-3,8,10H2,1H3. The third kappa shape index (κ3) is 4.50. The van der Waals surface area contributed by atoms with Crippen LogP contribution < -0.4 is 5.32 Å². The molecule has 1 aromatic rings. The van der Waals surface area contributed by atoms with E-state index in [0.717, 1.165) is 24.4 Å². The Labute approximate surface area is 97.1 Å². The minimum absolute atomic E-state index is 0.336. The number of hydrogen-bond acceptors (Lipinski definition) is 1. The van der Waals surface area contributed by atoms with Gasteiger partial charge in [0.05, 0.1) is 0 Å². The fourth-order valence-electron chi connectivity index (χ4n) is 1.49. The highest BCUT2D eigenvalue weighted by atomic mass is 35.5. The molecule has 0 heterocycles. The first-order valence-corrected chi connectivity index (χ1v) is 5.74. The molecular weight excluding hydrogens is 206 g/mol. The summed E-state index contributed by atoms with van der Waals surface area (Å²) in [5.74, 6) is 0. The van der Waals surface area contributed by atoms with E-state index in [1.165, 1.54) is 5.56 Å². The van der Waals surface area contributed by atoms with Gasteiger partial charge in [0.2, 0.25) is 0 Å². The smallest absolute Gasteiger partial charge is 0.0408 e. The Morgan fingerprint density at radius 3 is 2.93 bits per heavy atom. The molecule has 0 bridgehead atoms. The predicted molar refractivity (Wildman–Crippen MR) is 67.4 cm³/mol. The second kappa shape index (κ2) is 6.65. The summed E-state index contributed by atoms with van der Waals surface area (Å²) in [6.45, 7) is 7.02. The predicted octanol–water partition coefficient (Wildman–Crippen LogP) is 3.44. The number of rotatable bonds is 6. The normalized spacial score (nSPS) is 12.4. The van der Waals surface area contributed by atoms with E-state index < -0.39 is 0 Å². The third-order valence-corrected chi connectivity index (χ3v) is 2.52. The Morgan fingerprint density at radius 2 is 2.33 bits per heavy atom. The van der Waals surface area contributed by atoms with Crippen LogP contribution in [-0.2, 0) is 6.42 Å². The van der Waals surface area contributed by atoms with E-state index in [1.807, 2.05) is 24.3 Å². The molecule has 1 unspecified atom stereocenters. The second-order valence-electron chi connectivity index (χ2n) is 3.63. The average molecular weight is 224 g/mol. The summed E-state index contributed by atoms with van der Waals surface area (Å²) < 4.78 is 0. The molecule has 1 aromatic carbocycles. The van der Waals surface area contributed by atoms with Crippen molar-refractivity contribution in [1.29, 1.82) is 0 Å². The Morgan fingerprint density at radius 1 is 1.53 bits per heavy atom. The molecule has 0 aliphatic rings. The van der Waals surface area contributed by atoms with Crippen LogP contribution in [0.1, 0.15) is 18.9 Å². The molecule has 0 aromatic heterocycles. The molecule has 0 saturated carbocycles. The summed E-state index contributed by atoms with van der Waals surface area (Å²) in [6.07, 6.45) is 4.04. The van der Waals surface area contributed by atoms with E-state index in [1.54, 1.807) is 0 Å². The largest absolute Gasteiger partial charge is 0.310 e. The number of nitrogens with one attached hydrogen (secondary N) is 1. The van der Waals surface area contributed by atoms with Gasteiger partial charge >= 0.3 is 0 Å². The molecule has 0 aliphatic carbocycles. The van der Waals surface area contributed by atoms with Gasteiger partial charge in [-0.2, -0.15) is 0 Å². The second-order valence-corrected chi connectivity index (χ2v) is 4.07. The van der Waals surface area contributed by atoms with Gasteiger partial charge in [0.25, 0.3) is 0 Å². The Balaban J connectivity index is 2.54. The number of hydrogen-bond donors (Lipinski definition) is 1. The summed E-state index contributed by atoms with van der Waals surface area (Å²) in [7, 11) is 0. The summed E-state index contributed by atoms with van der Waals surface area (Å²) in [5.41, 5.74) is 1.25. The highest BCUT2D eigenvalue weighted by Crippen LogP contribution is 2.12. The highest BCUT2D eigenvalue weighted by molar-refractivity contribution is 6.30. The monoisotopic (exact) mass is 223 g/mol. The minimum atomic E-state index is 0.336. The maximum absolute atomic E-state index is 5.93. The molecule has 0 aliphatic heterocycles. The molecule has 1 rings (SSSR count). The first kappa shape index (κ1) is 12.3. The molecule has 15 heavy (non-hydrogen) atoms.